The van der Waals surface area contributed by atoms with Gasteiger partial charge in [-0.3, -0.25) is 10.0 Å². The number of benzene rings is 1. The fourth-order valence-corrected chi connectivity index (χ4v) is 2.49. The Hall–Kier alpha value is -1.42. The van der Waals surface area contributed by atoms with Crippen LogP contribution in [0.4, 0.5) is 4.39 Å². The fourth-order valence-electron chi connectivity index (χ4n) is 2.49. The predicted octanol–water partition coefficient (Wildman–Crippen LogP) is 2.02. The summed E-state index contributed by atoms with van der Waals surface area (Å²) < 4.78 is 14.3. The molecule has 4 heteroatoms. The molecule has 3 unspecified atom stereocenters. The number of amides is 1. The number of hydroxylamine groups is 1. The molecular formula is C12H14FNO2. The average Bonchev–Trinajstić information content (AvgIpc) is 2.96. The van der Waals surface area contributed by atoms with Crippen LogP contribution in [0.15, 0.2) is 30.3 Å². The first-order valence-electron chi connectivity index (χ1n) is 5.34. The lowest BCUT2D eigenvalue weighted by Gasteiger charge is -2.05. The van der Waals surface area contributed by atoms with E-state index in [0.29, 0.717) is 6.42 Å². The van der Waals surface area contributed by atoms with Crippen molar-refractivity contribution in [1.82, 2.24) is 5.48 Å². The quantitative estimate of drug-likeness (QED) is 0.608. The molecule has 1 aliphatic rings. The summed E-state index contributed by atoms with van der Waals surface area (Å²) in [6.07, 6.45) is 0.573. The molecule has 1 saturated carbocycles. The molecule has 1 fully saturated rings. The number of hydrogen-bond acceptors (Lipinski definition) is 2. The molecule has 1 aliphatic carbocycles. The molecule has 0 spiro atoms. The van der Waals surface area contributed by atoms with E-state index in [4.69, 9.17) is 5.21 Å². The Kier molecular flexibility index (Phi) is 2.68. The monoisotopic (exact) mass is 223 g/mol. The smallest absolute Gasteiger partial charge is 0.281 e. The molecule has 3 atom stereocenters. The molecule has 0 heterocycles. The van der Waals surface area contributed by atoms with Gasteiger partial charge in [0.1, 0.15) is 0 Å². The van der Waals surface area contributed by atoms with E-state index >= 15 is 0 Å². The first-order chi connectivity index (χ1) is 7.66. The minimum Gasteiger partial charge on any atom is -0.289 e. The van der Waals surface area contributed by atoms with Gasteiger partial charge in [-0.1, -0.05) is 37.3 Å². The van der Waals surface area contributed by atoms with E-state index in [9.17, 15) is 9.18 Å². The van der Waals surface area contributed by atoms with Gasteiger partial charge in [-0.25, -0.2) is 9.87 Å². The van der Waals surface area contributed by atoms with E-state index in [-0.39, 0.29) is 5.92 Å². The van der Waals surface area contributed by atoms with E-state index in [1.807, 2.05) is 25.1 Å². The van der Waals surface area contributed by atoms with Crippen LogP contribution in [0.3, 0.4) is 0 Å². The topological polar surface area (TPSA) is 49.3 Å². The van der Waals surface area contributed by atoms with Gasteiger partial charge in [0.2, 0.25) is 5.67 Å². The summed E-state index contributed by atoms with van der Waals surface area (Å²) in [5.41, 5.74) is 0.270. The summed E-state index contributed by atoms with van der Waals surface area (Å²) in [6, 6.07) is 9.09. The molecule has 1 amide bonds. The van der Waals surface area contributed by atoms with Crippen LogP contribution < -0.4 is 5.48 Å². The third-order valence-corrected chi connectivity index (χ3v) is 3.33. The zero-order chi connectivity index (χ0) is 11.8. The molecule has 0 aliphatic heterocycles. The van der Waals surface area contributed by atoms with Crippen molar-refractivity contribution < 1.29 is 14.4 Å². The Labute approximate surface area is 93.2 Å². The third kappa shape index (κ3) is 1.41. The summed E-state index contributed by atoms with van der Waals surface area (Å²) in [7, 11) is 0. The standard InChI is InChI=1S/C12H14FNO2/c1-2-9-10(8-6-4-3-5-7-8)12(9,13)11(15)14-16/h3-7,9-10,16H,2H2,1H3,(H,14,15). The fraction of sp³-hybridized carbons (Fsp3) is 0.417. The van der Waals surface area contributed by atoms with E-state index < -0.39 is 17.5 Å². The average molecular weight is 223 g/mol. The van der Waals surface area contributed by atoms with Crippen molar-refractivity contribution in [2.24, 2.45) is 5.92 Å². The van der Waals surface area contributed by atoms with Gasteiger partial charge in [0, 0.05) is 11.8 Å². The van der Waals surface area contributed by atoms with Crippen molar-refractivity contribution in [1.29, 1.82) is 0 Å². The number of alkyl halides is 1. The van der Waals surface area contributed by atoms with Gasteiger partial charge in [0.15, 0.2) is 0 Å². The van der Waals surface area contributed by atoms with Crippen LogP contribution in [-0.4, -0.2) is 16.8 Å². The highest BCUT2D eigenvalue weighted by atomic mass is 19.1. The van der Waals surface area contributed by atoms with Crippen LogP contribution in [0.1, 0.15) is 24.8 Å². The van der Waals surface area contributed by atoms with Gasteiger partial charge < -0.3 is 0 Å². The van der Waals surface area contributed by atoms with Gasteiger partial charge in [-0.15, -0.1) is 0 Å². The van der Waals surface area contributed by atoms with Crippen LogP contribution in [0.25, 0.3) is 0 Å². The zero-order valence-electron chi connectivity index (χ0n) is 8.98. The molecule has 3 nitrogen and oxygen atoms in total. The van der Waals surface area contributed by atoms with Gasteiger partial charge in [-0.05, 0) is 12.0 Å². The maximum absolute atomic E-state index is 14.3. The van der Waals surface area contributed by atoms with Crippen molar-refractivity contribution in [3.63, 3.8) is 0 Å². The second-order valence-electron chi connectivity index (χ2n) is 4.11. The Morgan fingerprint density at radius 1 is 1.50 bits per heavy atom. The van der Waals surface area contributed by atoms with Crippen LogP contribution in [-0.2, 0) is 4.79 Å². The summed E-state index contributed by atoms with van der Waals surface area (Å²) in [5.74, 6) is -1.72. The highest BCUT2D eigenvalue weighted by Gasteiger charge is 2.70. The molecule has 16 heavy (non-hydrogen) atoms. The van der Waals surface area contributed by atoms with E-state index in [0.717, 1.165) is 5.56 Å². The number of carbonyl (C=O) groups is 1. The van der Waals surface area contributed by atoms with Crippen LogP contribution in [0, 0.1) is 5.92 Å². The van der Waals surface area contributed by atoms with E-state index in [1.165, 1.54) is 5.48 Å². The van der Waals surface area contributed by atoms with Crippen LogP contribution >= 0.6 is 0 Å². The molecule has 1 aromatic carbocycles. The molecular weight excluding hydrogens is 209 g/mol. The largest absolute Gasteiger partial charge is 0.289 e. The van der Waals surface area contributed by atoms with Crippen molar-refractivity contribution in [2.75, 3.05) is 0 Å². The van der Waals surface area contributed by atoms with Crippen molar-refractivity contribution in [2.45, 2.75) is 24.9 Å². The SMILES string of the molecule is CCC1C(c2ccccc2)C1(F)C(=O)NO. The molecule has 2 rings (SSSR count). The summed E-state index contributed by atoms with van der Waals surface area (Å²) in [6.45, 7) is 1.84. The molecule has 0 radical (unpaired) electrons. The van der Waals surface area contributed by atoms with E-state index in [1.54, 1.807) is 12.1 Å². The normalized spacial score (nSPS) is 32.2. The first-order valence-corrected chi connectivity index (χ1v) is 5.34. The van der Waals surface area contributed by atoms with Crippen LogP contribution in [0.5, 0.6) is 0 Å². The van der Waals surface area contributed by atoms with Crippen molar-refractivity contribution in [3.8, 4) is 0 Å². The van der Waals surface area contributed by atoms with Gasteiger partial charge in [-0.2, -0.15) is 0 Å². The Bertz CT molecular complexity index is 395. The maximum atomic E-state index is 14.3. The Balaban J connectivity index is 2.28. The minimum atomic E-state index is -1.95. The second-order valence-corrected chi connectivity index (χ2v) is 4.11. The van der Waals surface area contributed by atoms with Crippen molar-refractivity contribution >= 4 is 5.91 Å². The van der Waals surface area contributed by atoms with Crippen LogP contribution in [0.2, 0.25) is 0 Å². The number of nitrogens with one attached hydrogen (secondary N) is 1. The lowest BCUT2D eigenvalue weighted by Crippen LogP contribution is -2.33. The maximum Gasteiger partial charge on any atom is 0.281 e. The Morgan fingerprint density at radius 3 is 2.62 bits per heavy atom. The Morgan fingerprint density at radius 2 is 2.12 bits per heavy atom. The number of rotatable bonds is 3. The molecule has 0 aromatic heterocycles. The third-order valence-electron chi connectivity index (χ3n) is 3.33. The molecule has 1 aromatic rings. The summed E-state index contributed by atoms with van der Waals surface area (Å²) in [4.78, 5) is 11.3. The summed E-state index contributed by atoms with van der Waals surface area (Å²) >= 11 is 0. The lowest BCUT2D eigenvalue weighted by molar-refractivity contribution is -0.136. The van der Waals surface area contributed by atoms with Gasteiger partial charge >= 0.3 is 0 Å². The van der Waals surface area contributed by atoms with Crippen molar-refractivity contribution in [3.05, 3.63) is 35.9 Å². The number of carbonyl (C=O) groups excluding carboxylic acids is 1. The lowest BCUT2D eigenvalue weighted by atomic mass is 10.1. The minimum absolute atomic E-state index is 0.345. The molecule has 0 saturated heterocycles. The highest BCUT2D eigenvalue weighted by molar-refractivity contribution is 5.90. The molecule has 2 N–H and O–H groups in total. The number of hydrogen-bond donors (Lipinski definition) is 2. The second kappa shape index (κ2) is 3.87. The molecule has 0 bridgehead atoms. The van der Waals surface area contributed by atoms with Gasteiger partial charge in [0.05, 0.1) is 0 Å². The predicted molar refractivity (Wildman–Crippen MR) is 56.7 cm³/mol. The first kappa shape index (κ1) is 11.1. The van der Waals surface area contributed by atoms with Gasteiger partial charge in [0.25, 0.3) is 5.91 Å². The van der Waals surface area contributed by atoms with E-state index in [2.05, 4.69) is 0 Å². The number of halogens is 1. The zero-order valence-corrected chi connectivity index (χ0v) is 8.98. The highest BCUT2D eigenvalue weighted by Crippen LogP contribution is 2.62. The molecule has 86 valence electrons. The summed E-state index contributed by atoms with van der Waals surface area (Å²) in [5, 5.41) is 8.55.